The lowest BCUT2D eigenvalue weighted by atomic mass is 10.3. The normalized spacial score (nSPS) is 10.3. The van der Waals surface area contributed by atoms with E-state index in [0.29, 0.717) is 11.6 Å². The summed E-state index contributed by atoms with van der Waals surface area (Å²) in [5.74, 6) is 0.0647. The van der Waals surface area contributed by atoms with Crippen molar-refractivity contribution in [3.8, 4) is 10.6 Å². The molecule has 2 aromatic rings. The molecule has 1 amide bonds. The maximum Gasteiger partial charge on any atom is 0.228 e. The number of hydrogen-bond acceptors (Lipinski definition) is 5. The minimum Gasteiger partial charge on any atom is -0.290 e. The Labute approximate surface area is 110 Å². The molecule has 2 aromatic heterocycles. The van der Waals surface area contributed by atoms with Crippen LogP contribution in [-0.2, 0) is 4.79 Å². The summed E-state index contributed by atoms with van der Waals surface area (Å²) < 4.78 is 0. The number of nitrogens with zero attached hydrogens (tertiary/aromatic N) is 4. The number of hydrogen-bond donors (Lipinski definition) is 0. The molecule has 0 unspecified atom stereocenters. The molecule has 0 aliphatic rings. The molecular formula is C12H14N4OS. The average Bonchev–Trinajstić information content (AvgIpc) is 2.89. The Morgan fingerprint density at radius 1 is 1.33 bits per heavy atom. The predicted octanol–water partition coefficient (Wildman–Crippen LogP) is 2.36. The highest BCUT2D eigenvalue weighted by Gasteiger charge is 2.15. The minimum atomic E-state index is 0.0647. The van der Waals surface area contributed by atoms with Crippen molar-refractivity contribution in [2.45, 2.75) is 19.8 Å². The lowest BCUT2D eigenvalue weighted by molar-refractivity contribution is -0.118. The van der Waals surface area contributed by atoms with E-state index in [9.17, 15) is 4.79 Å². The molecule has 0 saturated heterocycles. The van der Waals surface area contributed by atoms with E-state index >= 15 is 0 Å². The van der Waals surface area contributed by atoms with E-state index in [1.807, 2.05) is 19.1 Å². The fourth-order valence-corrected chi connectivity index (χ4v) is 2.28. The van der Waals surface area contributed by atoms with Crippen molar-refractivity contribution in [2.24, 2.45) is 0 Å². The molecule has 2 rings (SSSR count). The van der Waals surface area contributed by atoms with Crippen LogP contribution < -0.4 is 4.90 Å². The van der Waals surface area contributed by atoms with Crippen LogP contribution in [0, 0.1) is 0 Å². The lowest BCUT2D eigenvalue weighted by Crippen LogP contribution is -2.25. The van der Waals surface area contributed by atoms with E-state index in [2.05, 4.69) is 15.2 Å². The maximum atomic E-state index is 11.7. The summed E-state index contributed by atoms with van der Waals surface area (Å²) in [6.45, 7) is 1.98. The first-order valence-corrected chi connectivity index (χ1v) is 6.54. The third-order valence-electron chi connectivity index (χ3n) is 2.47. The van der Waals surface area contributed by atoms with Crippen LogP contribution in [0.25, 0.3) is 10.6 Å². The Hall–Kier alpha value is -1.82. The Morgan fingerprint density at radius 2 is 2.06 bits per heavy atom. The Kier molecular flexibility index (Phi) is 3.99. The summed E-state index contributed by atoms with van der Waals surface area (Å²) in [7, 11) is 1.73. The first kappa shape index (κ1) is 12.6. The van der Waals surface area contributed by atoms with E-state index in [1.54, 1.807) is 24.3 Å². The van der Waals surface area contributed by atoms with Crippen LogP contribution in [0.4, 0.5) is 5.13 Å². The molecule has 0 bridgehead atoms. The predicted molar refractivity (Wildman–Crippen MR) is 71.5 cm³/mol. The topological polar surface area (TPSA) is 59.0 Å². The summed E-state index contributed by atoms with van der Waals surface area (Å²) in [5, 5.41) is 9.57. The monoisotopic (exact) mass is 262 g/mol. The van der Waals surface area contributed by atoms with E-state index in [1.165, 1.54) is 11.3 Å². The van der Waals surface area contributed by atoms with Crippen molar-refractivity contribution >= 4 is 22.4 Å². The van der Waals surface area contributed by atoms with Gasteiger partial charge in [0, 0.05) is 31.4 Å². The van der Waals surface area contributed by atoms with Gasteiger partial charge in [0.2, 0.25) is 11.0 Å². The third kappa shape index (κ3) is 2.70. The van der Waals surface area contributed by atoms with Crippen molar-refractivity contribution in [3.05, 3.63) is 24.5 Å². The fraction of sp³-hybridized carbons (Fsp3) is 0.333. The van der Waals surface area contributed by atoms with Gasteiger partial charge in [-0.3, -0.25) is 14.7 Å². The molecule has 5 nitrogen and oxygen atoms in total. The van der Waals surface area contributed by atoms with Gasteiger partial charge in [-0.15, -0.1) is 10.2 Å². The minimum absolute atomic E-state index is 0.0647. The summed E-state index contributed by atoms with van der Waals surface area (Å²) >= 11 is 1.40. The zero-order chi connectivity index (χ0) is 13.0. The lowest BCUT2D eigenvalue weighted by Gasteiger charge is -2.11. The molecule has 6 heteroatoms. The molecule has 0 N–H and O–H groups in total. The molecule has 0 spiro atoms. The highest BCUT2D eigenvalue weighted by atomic mass is 32.1. The van der Waals surface area contributed by atoms with Crippen molar-refractivity contribution < 1.29 is 4.79 Å². The van der Waals surface area contributed by atoms with E-state index < -0.39 is 0 Å². The number of anilines is 1. The first-order valence-electron chi connectivity index (χ1n) is 5.73. The quantitative estimate of drug-likeness (QED) is 0.848. The van der Waals surface area contributed by atoms with Gasteiger partial charge >= 0.3 is 0 Å². The van der Waals surface area contributed by atoms with Gasteiger partial charge in [0.05, 0.1) is 0 Å². The molecule has 2 heterocycles. The zero-order valence-electron chi connectivity index (χ0n) is 10.3. The number of rotatable bonds is 4. The second-order valence-corrected chi connectivity index (χ2v) is 4.78. The van der Waals surface area contributed by atoms with Crippen LogP contribution in [0.1, 0.15) is 19.8 Å². The highest BCUT2D eigenvalue weighted by molar-refractivity contribution is 7.18. The first-order chi connectivity index (χ1) is 8.72. The van der Waals surface area contributed by atoms with Gasteiger partial charge in [-0.05, 0) is 18.6 Å². The summed E-state index contributed by atoms with van der Waals surface area (Å²) in [4.78, 5) is 17.3. The molecule has 0 atom stereocenters. The molecule has 0 aliphatic heterocycles. The summed E-state index contributed by atoms with van der Waals surface area (Å²) in [5.41, 5.74) is 0.963. The Bertz CT molecular complexity index is 526. The molecule has 18 heavy (non-hydrogen) atoms. The molecule has 0 aromatic carbocycles. The van der Waals surface area contributed by atoms with Gasteiger partial charge in [-0.25, -0.2) is 0 Å². The van der Waals surface area contributed by atoms with Crippen LogP contribution in [-0.4, -0.2) is 28.1 Å². The zero-order valence-corrected chi connectivity index (χ0v) is 11.1. The van der Waals surface area contributed by atoms with Crippen LogP contribution >= 0.6 is 11.3 Å². The van der Waals surface area contributed by atoms with Gasteiger partial charge in [0.1, 0.15) is 5.01 Å². The number of carbonyl (C=O) groups is 1. The van der Waals surface area contributed by atoms with Crippen molar-refractivity contribution in [3.63, 3.8) is 0 Å². The second-order valence-electron chi connectivity index (χ2n) is 3.83. The van der Waals surface area contributed by atoms with Crippen molar-refractivity contribution in [1.82, 2.24) is 15.2 Å². The summed E-state index contributed by atoms with van der Waals surface area (Å²) in [6, 6.07) is 3.75. The highest BCUT2D eigenvalue weighted by Crippen LogP contribution is 2.27. The SMILES string of the molecule is CCCC(=O)N(C)c1nnc(-c2ccncc2)s1. The van der Waals surface area contributed by atoms with Crippen LogP contribution in [0.5, 0.6) is 0 Å². The van der Waals surface area contributed by atoms with Crippen LogP contribution in [0.3, 0.4) is 0 Å². The largest absolute Gasteiger partial charge is 0.290 e. The van der Waals surface area contributed by atoms with Gasteiger partial charge in [-0.2, -0.15) is 0 Å². The number of pyridine rings is 1. The smallest absolute Gasteiger partial charge is 0.228 e. The van der Waals surface area contributed by atoms with E-state index in [0.717, 1.165) is 17.0 Å². The van der Waals surface area contributed by atoms with E-state index in [-0.39, 0.29) is 5.91 Å². The van der Waals surface area contributed by atoms with Gasteiger partial charge < -0.3 is 0 Å². The standard InChI is InChI=1S/C12H14N4OS/c1-3-4-10(17)16(2)12-15-14-11(18-12)9-5-7-13-8-6-9/h5-8H,3-4H2,1-2H3. The van der Waals surface area contributed by atoms with Gasteiger partial charge in [0.25, 0.3) is 0 Å². The molecule has 0 radical (unpaired) electrons. The molecule has 0 aliphatic carbocycles. The molecular weight excluding hydrogens is 248 g/mol. The van der Waals surface area contributed by atoms with Crippen molar-refractivity contribution in [2.75, 3.05) is 11.9 Å². The second kappa shape index (κ2) is 5.68. The molecule has 0 fully saturated rings. The van der Waals surface area contributed by atoms with Gasteiger partial charge in [-0.1, -0.05) is 18.3 Å². The number of carbonyl (C=O) groups excluding carboxylic acids is 1. The maximum absolute atomic E-state index is 11.7. The van der Waals surface area contributed by atoms with Gasteiger partial charge in [0.15, 0.2) is 0 Å². The average molecular weight is 262 g/mol. The van der Waals surface area contributed by atoms with Crippen molar-refractivity contribution in [1.29, 1.82) is 0 Å². The Morgan fingerprint density at radius 3 is 2.72 bits per heavy atom. The number of amides is 1. The summed E-state index contributed by atoms with van der Waals surface area (Å²) in [6.07, 6.45) is 4.78. The van der Waals surface area contributed by atoms with Crippen LogP contribution in [0.2, 0.25) is 0 Å². The molecule has 0 saturated carbocycles. The Balaban J connectivity index is 2.18. The van der Waals surface area contributed by atoms with E-state index in [4.69, 9.17) is 0 Å². The molecule has 94 valence electrons. The third-order valence-corrected chi connectivity index (χ3v) is 3.52. The number of aromatic nitrogens is 3. The van der Waals surface area contributed by atoms with Crippen LogP contribution in [0.15, 0.2) is 24.5 Å². The fourth-order valence-electron chi connectivity index (χ4n) is 1.45.